The predicted octanol–water partition coefficient (Wildman–Crippen LogP) is 2.32. The van der Waals surface area contributed by atoms with E-state index in [9.17, 15) is 4.79 Å². The molecular weight excluding hydrogens is 260 g/mol. The average molecular weight is 282 g/mol. The van der Waals surface area contributed by atoms with E-state index in [0.717, 1.165) is 0 Å². The normalized spacial score (nSPS) is 15.1. The fraction of sp³-hybridized carbons (Fsp3) is 0.500. The molecule has 0 fully saturated rings. The van der Waals surface area contributed by atoms with Crippen LogP contribution in [0.5, 0.6) is 0 Å². The van der Waals surface area contributed by atoms with Gasteiger partial charge in [-0.3, -0.25) is 15.2 Å². The van der Waals surface area contributed by atoms with Gasteiger partial charge in [0.15, 0.2) is 0 Å². The monoisotopic (exact) mass is 282 g/mol. The molecule has 0 saturated heterocycles. The van der Waals surface area contributed by atoms with Gasteiger partial charge in [-0.2, -0.15) is 0 Å². The molecule has 1 aliphatic rings. The second-order valence-electron chi connectivity index (χ2n) is 5.21. The second kappa shape index (κ2) is 7.00. The van der Waals surface area contributed by atoms with Crippen molar-refractivity contribution in [2.24, 2.45) is 0 Å². The number of allylic oxidation sites excluding steroid dienone is 1. The van der Waals surface area contributed by atoms with E-state index in [1.54, 1.807) is 25.5 Å². The van der Waals surface area contributed by atoms with Crippen LogP contribution in [0.4, 0.5) is 4.79 Å². The number of nitrogens with one attached hydrogen (secondary N) is 1. The van der Waals surface area contributed by atoms with Crippen LogP contribution in [-0.4, -0.2) is 36.9 Å². The molecule has 1 aliphatic heterocycles. The zero-order valence-corrected chi connectivity index (χ0v) is 12.4. The lowest BCUT2D eigenvalue weighted by atomic mass is 10.2. The first-order chi connectivity index (χ1) is 9.35. The first-order valence-corrected chi connectivity index (χ1v) is 6.30. The molecule has 6 nitrogen and oxygen atoms in total. The van der Waals surface area contributed by atoms with Crippen molar-refractivity contribution < 1.29 is 19.1 Å². The second-order valence-corrected chi connectivity index (χ2v) is 5.21. The summed E-state index contributed by atoms with van der Waals surface area (Å²) in [5.74, 6) is 0.628. The van der Waals surface area contributed by atoms with Crippen molar-refractivity contribution in [2.75, 3.05) is 20.3 Å². The highest BCUT2D eigenvalue weighted by atomic mass is 16.6. The lowest BCUT2D eigenvalue weighted by Crippen LogP contribution is -2.37. The van der Waals surface area contributed by atoms with E-state index < -0.39 is 11.7 Å². The SMILES string of the molecule is C=CCONC1=CN(C(=O)OC(C)(C)C)CC(OC)=C1. The van der Waals surface area contributed by atoms with Crippen molar-refractivity contribution in [1.29, 1.82) is 0 Å². The summed E-state index contributed by atoms with van der Waals surface area (Å²) in [5.41, 5.74) is 2.77. The molecule has 6 heteroatoms. The third kappa shape index (κ3) is 5.36. The molecule has 1 rings (SSSR count). The highest BCUT2D eigenvalue weighted by Crippen LogP contribution is 2.16. The zero-order chi connectivity index (χ0) is 15.2. The van der Waals surface area contributed by atoms with Gasteiger partial charge in [-0.25, -0.2) is 4.79 Å². The number of hydroxylamine groups is 1. The van der Waals surface area contributed by atoms with E-state index >= 15 is 0 Å². The van der Waals surface area contributed by atoms with Gasteiger partial charge in [-0.15, -0.1) is 6.58 Å². The summed E-state index contributed by atoms with van der Waals surface area (Å²) in [6.07, 6.45) is 4.54. The van der Waals surface area contributed by atoms with E-state index in [-0.39, 0.29) is 0 Å². The quantitative estimate of drug-likeness (QED) is 0.476. The minimum absolute atomic E-state index is 0.318. The van der Waals surface area contributed by atoms with Crippen LogP contribution in [0, 0.1) is 0 Å². The van der Waals surface area contributed by atoms with Crippen LogP contribution < -0.4 is 5.48 Å². The topological polar surface area (TPSA) is 60.0 Å². The summed E-state index contributed by atoms with van der Waals surface area (Å²) in [7, 11) is 1.55. The maximum atomic E-state index is 12.0. The van der Waals surface area contributed by atoms with Crippen LogP contribution in [0.25, 0.3) is 0 Å². The molecule has 0 radical (unpaired) electrons. The number of methoxy groups -OCH3 is 1. The van der Waals surface area contributed by atoms with Crippen molar-refractivity contribution in [1.82, 2.24) is 10.4 Å². The highest BCUT2D eigenvalue weighted by Gasteiger charge is 2.24. The van der Waals surface area contributed by atoms with Gasteiger partial charge in [0.25, 0.3) is 0 Å². The minimum atomic E-state index is -0.549. The maximum absolute atomic E-state index is 12.0. The first kappa shape index (κ1) is 16.1. The molecule has 112 valence electrons. The fourth-order valence-electron chi connectivity index (χ4n) is 1.44. The molecule has 0 spiro atoms. The average Bonchev–Trinajstić information content (AvgIpc) is 2.36. The van der Waals surface area contributed by atoms with E-state index in [0.29, 0.717) is 24.6 Å². The van der Waals surface area contributed by atoms with Gasteiger partial charge in [-0.05, 0) is 20.8 Å². The Hall–Kier alpha value is -1.95. The molecular formula is C14H22N2O4. The maximum Gasteiger partial charge on any atom is 0.414 e. The van der Waals surface area contributed by atoms with E-state index in [4.69, 9.17) is 14.3 Å². The lowest BCUT2D eigenvalue weighted by molar-refractivity contribution is 0.0311. The van der Waals surface area contributed by atoms with E-state index in [1.807, 2.05) is 20.8 Å². The fourth-order valence-corrected chi connectivity index (χ4v) is 1.44. The molecule has 0 aliphatic carbocycles. The summed E-state index contributed by atoms with van der Waals surface area (Å²) < 4.78 is 10.5. The molecule has 0 bridgehead atoms. The molecule has 0 unspecified atom stereocenters. The van der Waals surface area contributed by atoms with Gasteiger partial charge >= 0.3 is 6.09 Å². The van der Waals surface area contributed by atoms with Crippen LogP contribution in [0.1, 0.15) is 20.8 Å². The van der Waals surface area contributed by atoms with Crippen LogP contribution in [0.3, 0.4) is 0 Å². The number of hydrogen-bond donors (Lipinski definition) is 1. The van der Waals surface area contributed by atoms with Gasteiger partial charge in [0.2, 0.25) is 0 Å². The number of carbonyl (C=O) groups excluding carboxylic acids is 1. The molecule has 0 atom stereocenters. The molecule has 0 aromatic carbocycles. The summed E-state index contributed by atoms with van der Waals surface area (Å²) in [6.45, 7) is 9.67. The van der Waals surface area contributed by atoms with Crippen molar-refractivity contribution in [2.45, 2.75) is 26.4 Å². The van der Waals surface area contributed by atoms with E-state index in [2.05, 4.69) is 12.1 Å². The Kier molecular flexibility index (Phi) is 5.64. The largest absolute Gasteiger partial charge is 0.499 e. The summed E-state index contributed by atoms with van der Waals surface area (Å²) >= 11 is 0. The van der Waals surface area contributed by atoms with Crippen molar-refractivity contribution in [3.8, 4) is 0 Å². The van der Waals surface area contributed by atoms with Crippen LogP contribution >= 0.6 is 0 Å². The Morgan fingerprint density at radius 2 is 2.25 bits per heavy atom. The highest BCUT2D eigenvalue weighted by molar-refractivity contribution is 5.70. The third-order valence-corrected chi connectivity index (χ3v) is 2.22. The number of nitrogens with zero attached hydrogens (tertiary/aromatic N) is 1. The molecule has 1 amide bonds. The van der Waals surface area contributed by atoms with Crippen LogP contribution in [-0.2, 0) is 14.3 Å². The Labute approximate surface area is 119 Å². The molecule has 20 heavy (non-hydrogen) atoms. The number of rotatable bonds is 5. The van der Waals surface area contributed by atoms with Gasteiger partial charge in [0.05, 0.1) is 26.0 Å². The zero-order valence-electron chi connectivity index (χ0n) is 12.4. The molecule has 0 saturated carbocycles. The Balaban J connectivity index is 2.74. The Morgan fingerprint density at radius 1 is 1.55 bits per heavy atom. The van der Waals surface area contributed by atoms with Gasteiger partial charge in [0.1, 0.15) is 11.4 Å². The molecule has 0 aromatic rings. The number of carbonyl (C=O) groups is 1. The summed E-state index contributed by atoms with van der Waals surface area (Å²) in [4.78, 5) is 18.6. The first-order valence-electron chi connectivity index (χ1n) is 6.30. The number of amides is 1. The minimum Gasteiger partial charge on any atom is -0.499 e. The Bertz CT molecular complexity index is 421. The van der Waals surface area contributed by atoms with Gasteiger partial charge in [0, 0.05) is 12.3 Å². The number of hydrogen-bond acceptors (Lipinski definition) is 5. The third-order valence-electron chi connectivity index (χ3n) is 2.22. The molecule has 1 heterocycles. The van der Waals surface area contributed by atoms with Gasteiger partial charge < -0.3 is 9.47 Å². The summed E-state index contributed by atoms with van der Waals surface area (Å²) in [6, 6.07) is 0. The standard InChI is InChI=1S/C14H22N2O4/c1-6-7-19-15-11-8-12(18-5)10-16(9-11)13(17)20-14(2,3)4/h6,8-9,15H,1,7,10H2,2-5H3. The van der Waals surface area contributed by atoms with Gasteiger partial charge in [-0.1, -0.05) is 6.08 Å². The van der Waals surface area contributed by atoms with Crippen molar-refractivity contribution in [3.05, 3.63) is 36.4 Å². The molecule has 1 N–H and O–H groups in total. The number of ether oxygens (including phenoxy) is 2. The van der Waals surface area contributed by atoms with E-state index in [1.165, 1.54) is 4.90 Å². The summed E-state index contributed by atoms with van der Waals surface area (Å²) in [5, 5.41) is 0. The van der Waals surface area contributed by atoms with Crippen molar-refractivity contribution in [3.63, 3.8) is 0 Å². The van der Waals surface area contributed by atoms with Crippen molar-refractivity contribution >= 4 is 6.09 Å². The van der Waals surface area contributed by atoms with Crippen LogP contribution in [0.15, 0.2) is 36.4 Å². The molecule has 0 aromatic heterocycles. The smallest absolute Gasteiger partial charge is 0.414 e. The Morgan fingerprint density at radius 3 is 2.80 bits per heavy atom. The van der Waals surface area contributed by atoms with Crippen LogP contribution in [0.2, 0.25) is 0 Å². The predicted molar refractivity (Wildman–Crippen MR) is 75.4 cm³/mol. The lowest BCUT2D eigenvalue weighted by Gasteiger charge is -2.28.